The molecule has 0 heterocycles. The van der Waals surface area contributed by atoms with Crippen molar-refractivity contribution in [1.29, 1.82) is 0 Å². The van der Waals surface area contributed by atoms with Gasteiger partial charge in [0.05, 0.1) is 0 Å². The lowest BCUT2D eigenvalue weighted by atomic mass is 10.0. The third-order valence-electron chi connectivity index (χ3n) is 3.43. The smallest absolute Gasteiger partial charge is 0.407 e. The van der Waals surface area contributed by atoms with E-state index in [1.54, 1.807) is 0 Å². The summed E-state index contributed by atoms with van der Waals surface area (Å²) in [5, 5.41) is 11.5. The van der Waals surface area contributed by atoms with E-state index in [0.29, 0.717) is 6.42 Å². The minimum absolute atomic E-state index is 0.0127. The molecule has 0 radical (unpaired) electrons. The minimum Gasteiger partial charge on any atom is -0.481 e. The summed E-state index contributed by atoms with van der Waals surface area (Å²) in [6, 6.07) is 8.23. The zero-order valence-electron chi connectivity index (χ0n) is 15.1. The van der Waals surface area contributed by atoms with Crippen LogP contribution in [0.3, 0.4) is 0 Å². The first-order valence-electron chi connectivity index (χ1n) is 8.45. The average molecular weight is 335 g/mol. The summed E-state index contributed by atoms with van der Waals surface area (Å²) in [6.45, 7) is 7.47. The molecule has 5 heteroatoms. The van der Waals surface area contributed by atoms with Crippen LogP contribution in [0.5, 0.6) is 0 Å². The van der Waals surface area contributed by atoms with Gasteiger partial charge < -0.3 is 15.2 Å². The molecule has 5 nitrogen and oxygen atoms in total. The monoisotopic (exact) mass is 335 g/mol. The van der Waals surface area contributed by atoms with Crippen molar-refractivity contribution in [2.24, 2.45) is 0 Å². The predicted octanol–water partition coefficient (Wildman–Crippen LogP) is 3.94. The summed E-state index contributed by atoms with van der Waals surface area (Å²) in [4.78, 5) is 22.2. The second kappa shape index (κ2) is 9.30. The molecule has 1 unspecified atom stereocenters. The Morgan fingerprint density at radius 2 is 1.71 bits per heavy atom. The number of rotatable bonds is 8. The van der Waals surface area contributed by atoms with E-state index in [1.807, 2.05) is 27.7 Å². The summed E-state index contributed by atoms with van der Waals surface area (Å²) in [5.74, 6) is -0.739. The first kappa shape index (κ1) is 20.0. The van der Waals surface area contributed by atoms with Crippen LogP contribution in [0.2, 0.25) is 0 Å². The van der Waals surface area contributed by atoms with Gasteiger partial charge in [0.15, 0.2) is 0 Å². The third kappa shape index (κ3) is 9.18. The number of unbranched alkanes of at least 4 members (excludes halogenated alkanes) is 1. The maximum absolute atomic E-state index is 11.7. The van der Waals surface area contributed by atoms with E-state index in [4.69, 9.17) is 9.84 Å². The number of aryl methyl sites for hydroxylation is 1. The summed E-state index contributed by atoms with van der Waals surface area (Å²) < 4.78 is 5.25. The van der Waals surface area contributed by atoms with E-state index in [9.17, 15) is 9.59 Å². The number of hydrogen-bond donors (Lipinski definition) is 2. The molecule has 0 aliphatic carbocycles. The minimum atomic E-state index is -0.739. The standard InChI is InChI=1S/C19H29NO4/c1-14(20-18(23)24-19(2,3)4)13-16-11-9-15(10-12-16)7-5-6-8-17(21)22/h9-12,14H,5-8,13H2,1-4H3,(H,20,23)(H,21,22). The van der Waals surface area contributed by atoms with Crippen LogP contribution in [-0.2, 0) is 22.4 Å². The molecule has 24 heavy (non-hydrogen) atoms. The van der Waals surface area contributed by atoms with Crippen LogP contribution in [0.4, 0.5) is 4.79 Å². The molecule has 0 fully saturated rings. The molecular formula is C19H29NO4. The van der Waals surface area contributed by atoms with Crippen molar-refractivity contribution in [3.05, 3.63) is 35.4 Å². The number of nitrogens with one attached hydrogen (secondary N) is 1. The van der Waals surface area contributed by atoms with E-state index in [1.165, 1.54) is 5.56 Å². The first-order chi connectivity index (χ1) is 11.2. The Bertz CT molecular complexity index is 531. The maximum Gasteiger partial charge on any atom is 0.407 e. The van der Waals surface area contributed by atoms with Gasteiger partial charge in [-0.15, -0.1) is 0 Å². The lowest BCUT2D eigenvalue weighted by Gasteiger charge is -2.22. The van der Waals surface area contributed by atoms with Crippen molar-refractivity contribution >= 4 is 12.1 Å². The van der Waals surface area contributed by atoms with Crippen LogP contribution in [0.25, 0.3) is 0 Å². The fourth-order valence-electron chi connectivity index (χ4n) is 2.36. The van der Waals surface area contributed by atoms with E-state index in [0.717, 1.165) is 24.8 Å². The molecule has 0 saturated carbocycles. The fraction of sp³-hybridized carbons (Fsp3) is 0.579. The number of carboxylic acid groups (broad SMARTS) is 1. The number of carbonyl (C=O) groups is 2. The molecule has 2 N–H and O–H groups in total. The van der Waals surface area contributed by atoms with Gasteiger partial charge in [0.25, 0.3) is 0 Å². The van der Waals surface area contributed by atoms with Crippen LogP contribution in [0.15, 0.2) is 24.3 Å². The Morgan fingerprint density at radius 3 is 2.25 bits per heavy atom. The highest BCUT2D eigenvalue weighted by Gasteiger charge is 2.17. The molecule has 1 rings (SSSR count). The zero-order valence-corrected chi connectivity index (χ0v) is 15.1. The SMILES string of the molecule is CC(Cc1ccc(CCCCC(=O)O)cc1)NC(=O)OC(C)(C)C. The number of amides is 1. The van der Waals surface area contributed by atoms with Gasteiger partial charge in [0.2, 0.25) is 0 Å². The van der Waals surface area contributed by atoms with Gasteiger partial charge in [0.1, 0.15) is 5.60 Å². The van der Waals surface area contributed by atoms with Gasteiger partial charge >= 0.3 is 12.1 Å². The second-order valence-corrected chi connectivity index (χ2v) is 7.17. The lowest BCUT2D eigenvalue weighted by Crippen LogP contribution is -2.38. The molecule has 1 atom stereocenters. The fourth-order valence-corrected chi connectivity index (χ4v) is 2.36. The number of aliphatic carboxylic acids is 1. The predicted molar refractivity (Wildman–Crippen MR) is 94.2 cm³/mol. The van der Waals surface area contributed by atoms with Crippen LogP contribution in [-0.4, -0.2) is 28.8 Å². The number of alkyl carbamates (subject to hydrolysis) is 1. The largest absolute Gasteiger partial charge is 0.481 e. The van der Waals surface area contributed by atoms with Gasteiger partial charge in [-0.3, -0.25) is 4.79 Å². The van der Waals surface area contributed by atoms with Gasteiger partial charge in [-0.2, -0.15) is 0 Å². The number of ether oxygens (including phenoxy) is 1. The molecule has 0 bridgehead atoms. The Hall–Kier alpha value is -2.04. The van der Waals surface area contributed by atoms with Crippen LogP contribution >= 0.6 is 0 Å². The summed E-state index contributed by atoms with van der Waals surface area (Å²) >= 11 is 0. The maximum atomic E-state index is 11.7. The molecule has 0 spiro atoms. The topological polar surface area (TPSA) is 75.6 Å². The molecule has 0 aliphatic rings. The van der Waals surface area contributed by atoms with E-state index < -0.39 is 17.7 Å². The first-order valence-corrected chi connectivity index (χ1v) is 8.45. The van der Waals surface area contributed by atoms with Crippen molar-refractivity contribution in [2.75, 3.05) is 0 Å². The average Bonchev–Trinajstić information content (AvgIpc) is 2.42. The van der Waals surface area contributed by atoms with Crippen LogP contribution in [0.1, 0.15) is 58.1 Å². The molecular weight excluding hydrogens is 306 g/mol. The molecule has 1 aromatic rings. The number of carboxylic acids is 1. The van der Waals surface area contributed by atoms with Gasteiger partial charge in [-0.1, -0.05) is 24.3 Å². The van der Waals surface area contributed by atoms with E-state index in [-0.39, 0.29) is 12.5 Å². The van der Waals surface area contributed by atoms with Crippen LogP contribution < -0.4 is 5.32 Å². The number of benzene rings is 1. The molecule has 1 aromatic carbocycles. The zero-order chi connectivity index (χ0) is 18.2. The van der Waals surface area contributed by atoms with Crippen molar-refractivity contribution < 1.29 is 19.4 Å². The van der Waals surface area contributed by atoms with Gasteiger partial charge in [-0.05, 0) is 64.5 Å². The quantitative estimate of drug-likeness (QED) is 0.706. The van der Waals surface area contributed by atoms with E-state index >= 15 is 0 Å². The number of hydrogen-bond acceptors (Lipinski definition) is 3. The highest BCUT2D eigenvalue weighted by Crippen LogP contribution is 2.11. The van der Waals surface area contributed by atoms with E-state index in [2.05, 4.69) is 29.6 Å². The molecule has 0 saturated heterocycles. The second-order valence-electron chi connectivity index (χ2n) is 7.17. The normalized spacial score (nSPS) is 12.5. The Kier molecular flexibility index (Phi) is 7.75. The highest BCUT2D eigenvalue weighted by molar-refractivity contribution is 5.68. The molecule has 134 valence electrons. The van der Waals surface area contributed by atoms with Crippen molar-refractivity contribution in [3.8, 4) is 0 Å². The summed E-state index contributed by atoms with van der Waals surface area (Å²) in [7, 11) is 0. The summed E-state index contributed by atoms with van der Waals surface area (Å²) in [6.07, 6.45) is 3.03. The Balaban J connectivity index is 2.37. The third-order valence-corrected chi connectivity index (χ3v) is 3.43. The molecule has 1 amide bonds. The van der Waals surface area contributed by atoms with Crippen molar-refractivity contribution in [2.45, 2.75) is 71.4 Å². The van der Waals surface area contributed by atoms with Gasteiger partial charge in [0, 0.05) is 12.5 Å². The summed E-state index contributed by atoms with van der Waals surface area (Å²) in [5.41, 5.74) is 1.86. The molecule has 0 aromatic heterocycles. The van der Waals surface area contributed by atoms with Crippen molar-refractivity contribution in [1.82, 2.24) is 5.32 Å². The van der Waals surface area contributed by atoms with Crippen LogP contribution in [0, 0.1) is 0 Å². The number of carbonyl (C=O) groups excluding carboxylic acids is 1. The highest BCUT2D eigenvalue weighted by atomic mass is 16.6. The molecule has 0 aliphatic heterocycles. The Labute approximate surface area is 144 Å². The lowest BCUT2D eigenvalue weighted by molar-refractivity contribution is -0.137. The van der Waals surface area contributed by atoms with Gasteiger partial charge in [-0.25, -0.2) is 4.79 Å². The van der Waals surface area contributed by atoms with Crippen molar-refractivity contribution in [3.63, 3.8) is 0 Å². The Morgan fingerprint density at radius 1 is 1.12 bits per heavy atom.